The Labute approximate surface area is 172 Å². The molecule has 0 saturated carbocycles. The number of urea groups is 1. The Morgan fingerprint density at radius 3 is 2.43 bits per heavy atom. The molecule has 0 fully saturated rings. The minimum atomic E-state index is -1.000. The molecular weight excluding hydrogens is 391 g/mol. The van der Waals surface area contributed by atoms with E-state index in [-0.39, 0.29) is 24.2 Å². The van der Waals surface area contributed by atoms with Gasteiger partial charge < -0.3 is 15.2 Å². The van der Waals surface area contributed by atoms with Gasteiger partial charge in [0.25, 0.3) is 0 Å². The second kappa shape index (κ2) is 8.77. The molecule has 0 bridgehead atoms. The number of benzene rings is 2. The number of esters is 1. The van der Waals surface area contributed by atoms with Crippen molar-refractivity contribution in [2.24, 2.45) is 0 Å². The third-order valence-corrected chi connectivity index (χ3v) is 4.75. The number of hydrogen-bond donors (Lipinski definition) is 2. The van der Waals surface area contributed by atoms with Crippen molar-refractivity contribution in [3.05, 3.63) is 76.7 Å². The molecule has 0 spiro atoms. The van der Waals surface area contributed by atoms with Crippen LogP contribution in [0, 0.1) is 5.82 Å². The van der Waals surface area contributed by atoms with Gasteiger partial charge in [-0.3, -0.25) is 9.69 Å². The number of amides is 2. The lowest BCUT2D eigenvalue weighted by molar-refractivity contribution is -0.139. The highest BCUT2D eigenvalue weighted by Crippen LogP contribution is 2.35. The first-order valence-corrected chi connectivity index (χ1v) is 9.37. The van der Waals surface area contributed by atoms with E-state index in [9.17, 15) is 18.8 Å². The van der Waals surface area contributed by atoms with E-state index in [1.54, 1.807) is 44.2 Å². The Bertz CT molecular complexity index is 1020. The highest BCUT2D eigenvalue weighted by atomic mass is 19.1. The minimum Gasteiger partial charge on any atom is -0.481 e. The summed E-state index contributed by atoms with van der Waals surface area (Å²) in [6.07, 6.45) is -0.148. The van der Waals surface area contributed by atoms with Gasteiger partial charge >= 0.3 is 18.0 Å². The van der Waals surface area contributed by atoms with E-state index in [1.165, 1.54) is 23.1 Å². The van der Waals surface area contributed by atoms with Crippen molar-refractivity contribution in [3.8, 4) is 0 Å². The topological polar surface area (TPSA) is 95.9 Å². The summed E-state index contributed by atoms with van der Waals surface area (Å²) in [5, 5.41) is 11.6. The maximum atomic E-state index is 14.4. The molecule has 1 aliphatic heterocycles. The van der Waals surface area contributed by atoms with Crippen molar-refractivity contribution in [1.29, 1.82) is 0 Å². The van der Waals surface area contributed by atoms with Crippen LogP contribution in [0.3, 0.4) is 0 Å². The number of carbonyl (C=O) groups is 3. The normalized spacial score (nSPS) is 16.3. The van der Waals surface area contributed by atoms with Crippen molar-refractivity contribution in [2.75, 3.05) is 11.5 Å². The van der Waals surface area contributed by atoms with Crippen LogP contribution in [0.4, 0.5) is 14.9 Å². The number of rotatable bonds is 6. The number of nitrogens with zero attached hydrogens (tertiary/aromatic N) is 1. The van der Waals surface area contributed by atoms with Gasteiger partial charge in [0.2, 0.25) is 0 Å². The molecule has 3 rings (SSSR count). The summed E-state index contributed by atoms with van der Waals surface area (Å²) in [6, 6.07) is 10.7. The van der Waals surface area contributed by atoms with E-state index in [4.69, 9.17) is 9.84 Å². The third kappa shape index (κ3) is 4.17. The summed E-state index contributed by atoms with van der Waals surface area (Å²) >= 11 is 0. The summed E-state index contributed by atoms with van der Waals surface area (Å²) in [5.41, 5.74) is 1.59. The highest BCUT2D eigenvalue weighted by molar-refractivity contribution is 6.03. The molecule has 30 heavy (non-hydrogen) atoms. The van der Waals surface area contributed by atoms with Crippen LogP contribution in [0.1, 0.15) is 31.0 Å². The molecule has 1 atom stereocenters. The molecule has 0 radical (unpaired) electrons. The number of anilines is 1. The first-order valence-electron chi connectivity index (χ1n) is 9.37. The van der Waals surface area contributed by atoms with Crippen molar-refractivity contribution in [1.82, 2.24) is 5.32 Å². The predicted molar refractivity (Wildman–Crippen MR) is 107 cm³/mol. The second-order valence-electron chi connectivity index (χ2n) is 6.70. The maximum absolute atomic E-state index is 14.4. The van der Waals surface area contributed by atoms with Gasteiger partial charge in [0.15, 0.2) is 0 Å². The summed E-state index contributed by atoms with van der Waals surface area (Å²) in [4.78, 5) is 37.8. The van der Waals surface area contributed by atoms with E-state index in [1.807, 2.05) is 0 Å². The Kier molecular flexibility index (Phi) is 6.15. The van der Waals surface area contributed by atoms with Crippen LogP contribution in [0.25, 0.3) is 0 Å². The van der Waals surface area contributed by atoms with Crippen molar-refractivity contribution in [3.63, 3.8) is 0 Å². The third-order valence-electron chi connectivity index (χ3n) is 4.75. The number of halogens is 1. The lowest BCUT2D eigenvalue weighted by Crippen LogP contribution is -2.48. The lowest BCUT2D eigenvalue weighted by atomic mass is 9.94. The zero-order chi connectivity index (χ0) is 21.8. The molecule has 156 valence electrons. The number of carboxylic acids is 1. The van der Waals surface area contributed by atoms with Gasteiger partial charge in [-0.15, -0.1) is 0 Å². The minimum absolute atomic E-state index is 0.121. The molecule has 0 aromatic heterocycles. The van der Waals surface area contributed by atoms with E-state index < -0.39 is 29.8 Å². The van der Waals surface area contributed by atoms with Crippen LogP contribution in [0.15, 0.2) is 59.8 Å². The fraction of sp³-hybridized carbons (Fsp3) is 0.227. The molecule has 1 aliphatic rings. The predicted octanol–water partition coefficient (Wildman–Crippen LogP) is 3.56. The average molecular weight is 412 g/mol. The standard InChI is InChI=1S/C22H21FN2O5/c1-3-30-21(28)19-13(2)25(15-10-8-14(9-11-15)12-18(26)27)22(29)24-20(19)16-6-4-5-7-17(16)23/h4-11,20H,3,12H2,1-2H3,(H,24,29)(H,26,27)/t20-/m0/s1. The zero-order valence-electron chi connectivity index (χ0n) is 16.5. The summed E-state index contributed by atoms with van der Waals surface area (Å²) < 4.78 is 19.6. The molecule has 8 heteroatoms. The second-order valence-corrected chi connectivity index (χ2v) is 6.70. The number of carboxylic acid groups (broad SMARTS) is 1. The van der Waals surface area contributed by atoms with Crippen LogP contribution in [0.5, 0.6) is 0 Å². The number of ether oxygens (including phenoxy) is 1. The SMILES string of the molecule is CCOC(=O)C1=C(C)N(c2ccc(CC(=O)O)cc2)C(=O)N[C@H]1c1ccccc1F. The smallest absolute Gasteiger partial charge is 0.338 e. The lowest BCUT2D eigenvalue weighted by Gasteiger charge is -2.35. The summed E-state index contributed by atoms with van der Waals surface area (Å²) in [6.45, 7) is 3.37. The van der Waals surface area contributed by atoms with Crippen molar-refractivity contribution >= 4 is 23.7 Å². The van der Waals surface area contributed by atoms with Gasteiger partial charge in [-0.05, 0) is 37.6 Å². The van der Waals surface area contributed by atoms with Gasteiger partial charge in [0.1, 0.15) is 5.82 Å². The van der Waals surface area contributed by atoms with E-state index in [2.05, 4.69) is 5.32 Å². The summed E-state index contributed by atoms with van der Waals surface area (Å²) in [5.74, 6) is -2.17. The van der Waals surface area contributed by atoms with E-state index in [0.717, 1.165) is 0 Å². The van der Waals surface area contributed by atoms with Gasteiger partial charge in [-0.2, -0.15) is 0 Å². The number of carbonyl (C=O) groups excluding carboxylic acids is 2. The fourth-order valence-corrected chi connectivity index (χ4v) is 3.41. The number of allylic oxidation sites excluding steroid dienone is 1. The van der Waals surface area contributed by atoms with Crippen LogP contribution < -0.4 is 10.2 Å². The molecule has 0 unspecified atom stereocenters. The molecule has 0 saturated heterocycles. The Hall–Kier alpha value is -3.68. The van der Waals surface area contributed by atoms with Gasteiger partial charge in [-0.1, -0.05) is 30.3 Å². The fourth-order valence-electron chi connectivity index (χ4n) is 3.41. The van der Waals surface area contributed by atoms with Crippen molar-refractivity contribution < 1.29 is 28.6 Å². The van der Waals surface area contributed by atoms with Crippen LogP contribution in [-0.4, -0.2) is 29.7 Å². The number of hydrogen-bond acceptors (Lipinski definition) is 4. The van der Waals surface area contributed by atoms with Crippen LogP contribution >= 0.6 is 0 Å². The molecule has 0 aliphatic carbocycles. The maximum Gasteiger partial charge on any atom is 0.338 e. The molecule has 2 amide bonds. The Morgan fingerprint density at radius 2 is 1.83 bits per heavy atom. The molecule has 7 nitrogen and oxygen atoms in total. The van der Waals surface area contributed by atoms with Gasteiger partial charge in [0.05, 0.1) is 30.3 Å². The zero-order valence-corrected chi connectivity index (χ0v) is 16.5. The van der Waals surface area contributed by atoms with Gasteiger partial charge in [-0.25, -0.2) is 14.0 Å². The Balaban J connectivity index is 2.07. The molecule has 2 aromatic carbocycles. The van der Waals surface area contributed by atoms with E-state index in [0.29, 0.717) is 16.9 Å². The van der Waals surface area contributed by atoms with Crippen LogP contribution in [-0.2, 0) is 20.7 Å². The van der Waals surface area contributed by atoms with E-state index >= 15 is 0 Å². The van der Waals surface area contributed by atoms with Crippen LogP contribution in [0.2, 0.25) is 0 Å². The summed E-state index contributed by atoms with van der Waals surface area (Å²) in [7, 11) is 0. The average Bonchev–Trinajstić information content (AvgIpc) is 2.69. The quantitative estimate of drug-likeness (QED) is 0.708. The molecule has 2 N–H and O–H groups in total. The van der Waals surface area contributed by atoms with Crippen molar-refractivity contribution in [2.45, 2.75) is 26.3 Å². The molecular formula is C22H21FN2O5. The number of nitrogens with one attached hydrogen (secondary N) is 1. The first kappa shape index (κ1) is 21.0. The first-order chi connectivity index (χ1) is 14.3. The molecule has 2 aromatic rings. The number of aliphatic carboxylic acids is 1. The monoisotopic (exact) mass is 412 g/mol. The molecule has 1 heterocycles. The highest BCUT2D eigenvalue weighted by Gasteiger charge is 2.38. The van der Waals surface area contributed by atoms with Gasteiger partial charge in [0, 0.05) is 11.3 Å². The Morgan fingerprint density at radius 1 is 1.17 bits per heavy atom. The largest absolute Gasteiger partial charge is 0.481 e.